The Morgan fingerprint density at radius 1 is 0.840 bits per heavy atom. The van der Waals surface area contributed by atoms with Crippen LogP contribution in [0.2, 0.25) is 0 Å². The van der Waals surface area contributed by atoms with Crippen molar-refractivity contribution in [2.24, 2.45) is 0 Å². The van der Waals surface area contributed by atoms with Crippen LogP contribution in [0, 0.1) is 3.57 Å². The van der Waals surface area contributed by atoms with Crippen LogP contribution < -0.4 is 4.74 Å². The normalized spacial score (nSPS) is 10.8. The fourth-order valence-electron chi connectivity index (χ4n) is 2.13. The van der Waals surface area contributed by atoms with E-state index < -0.39 is 0 Å². The second-order valence-corrected chi connectivity index (χ2v) is 6.37. The van der Waals surface area contributed by atoms with Gasteiger partial charge in [-0.25, -0.2) is 0 Å². The summed E-state index contributed by atoms with van der Waals surface area (Å²) >= 11 is 2.25. The van der Waals surface area contributed by atoms with Crippen molar-refractivity contribution < 1.29 is 19.0 Å². The van der Waals surface area contributed by atoms with Crippen molar-refractivity contribution in [3.05, 3.63) is 52.1 Å². The zero-order chi connectivity index (χ0) is 17.5. The standard InChI is InChI=1S/C18H17IN2O4/c19-15-5-1-13(2-6-15)17-20-21-18(25-17)14-3-7-16(8-4-14)24-12-11-23-10-9-22/h1-8,22H,9-12H2. The molecule has 0 bridgehead atoms. The predicted molar refractivity (Wildman–Crippen MR) is 101 cm³/mol. The first-order chi connectivity index (χ1) is 12.3. The Hall–Kier alpha value is -1.97. The van der Waals surface area contributed by atoms with Gasteiger partial charge in [-0.1, -0.05) is 0 Å². The van der Waals surface area contributed by atoms with Gasteiger partial charge in [0.25, 0.3) is 0 Å². The van der Waals surface area contributed by atoms with Gasteiger partial charge in [-0.05, 0) is 71.1 Å². The molecule has 2 aromatic carbocycles. The number of hydrogen-bond donors (Lipinski definition) is 1. The Bertz CT molecular complexity index is 788. The van der Waals surface area contributed by atoms with Crippen LogP contribution in [0.4, 0.5) is 0 Å². The first-order valence-electron chi connectivity index (χ1n) is 7.77. The first kappa shape index (κ1) is 17.8. The number of aliphatic hydroxyl groups excluding tert-OH is 1. The van der Waals surface area contributed by atoms with Gasteiger partial charge >= 0.3 is 0 Å². The smallest absolute Gasteiger partial charge is 0.248 e. The van der Waals surface area contributed by atoms with Gasteiger partial charge < -0.3 is 19.0 Å². The number of ether oxygens (including phenoxy) is 2. The van der Waals surface area contributed by atoms with E-state index in [1.807, 2.05) is 48.5 Å². The van der Waals surface area contributed by atoms with Crippen molar-refractivity contribution in [3.63, 3.8) is 0 Å². The second kappa shape index (κ2) is 8.93. The van der Waals surface area contributed by atoms with Gasteiger partial charge in [-0.3, -0.25) is 0 Å². The molecule has 0 radical (unpaired) electrons. The first-order valence-corrected chi connectivity index (χ1v) is 8.85. The van der Waals surface area contributed by atoms with Crippen molar-refractivity contribution in [2.75, 3.05) is 26.4 Å². The fraction of sp³-hybridized carbons (Fsp3) is 0.222. The van der Waals surface area contributed by atoms with Crippen LogP contribution in [0.1, 0.15) is 0 Å². The molecule has 3 aromatic rings. The monoisotopic (exact) mass is 452 g/mol. The highest BCUT2D eigenvalue weighted by Gasteiger charge is 2.10. The van der Waals surface area contributed by atoms with E-state index in [1.54, 1.807) is 0 Å². The van der Waals surface area contributed by atoms with E-state index in [2.05, 4.69) is 32.8 Å². The summed E-state index contributed by atoms with van der Waals surface area (Å²) in [5, 5.41) is 16.8. The fourth-order valence-corrected chi connectivity index (χ4v) is 2.49. The van der Waals surface area contributed by atoms with Crippen molar-refractivity contribution >= 4 is 22.6 Å². The van der Waals surface area contributed by atoms with Crippen molar-refractivity contribution in [3.8, 4) is 28.7 Å². The minimum Gasteiger partial charge on any atom is -0.491 e. The summed E-state index contributed by atoms with van der Waals surface area (Å²) < 4.78 is 17.6. The third kappa shape index (κ3) is 5.00. The van der Waals surface area contributed by atoms with Crippen LogP contribution in [0.25, 0.3) is 22.9 Å². The Kier molecular flexibility index (Phi) is 6.37. The van der Waals surface area contributed by atoms with Gasteiger partial charge in [0.2, 0.25) is 11.8 Å². The topological polar surface area (TPSA) is 77.6 Å². The van der Waals surface area contributed by atoms with Crippen LogP contribution in [-0.2, 0) is 4.74 Å². The molecule has 0 aliphatic carbocycles. The van der Waals surface area contributed by atoms with Crippen LogP contribution >= 0.6 is 22.6 Å². The molecule has 7 heteroatoms. The van der Waals surface area contributed by atoms with Gasteiger partial charge in [-0.15, -0.1) is 10.2 Å². The molecule has 1 N–H and O–H groups in total. The molecule has 0 amide bonds. The van der Waals surface area contributed by atoms with Crippen LogP contribution in [0.5, 0.6) is 5.75 Å². The lowest BCUT2D eigenvalue weighted by atomic mass is 10.2. The molecule has 1 aromatic heterocycles. The molecule has 0 fully saturated rings. The van der Waals surface area contributed by atoms with E-state index in [9.17, 15) is 0 Å². The van der Waals surface area contributed by atoms with Crippen molar-refractivity contribution in [1.82, 2.24) is 10.2 Å². The number of aliphatic hydroxyl groups is 1. The molecule has 0 saturated heterocycles. The molecule has 130 valence electrons. The van der Waals surface area contributed by atoms with E-state index in [0.29, 0.717) is 31.6 Å². The molecule has 0 atom stereocenters. The predicted octanol–water partition coefficient (Wildman–Crippen LogP) is 3.40. The molecule has 25 heavy (non-hydrogen) atoms. The lowest BCUT2D eigenvalue weighted by Crippen LogP contribution is -2.08. The molecule has 3 rings (SSSR count). The number of rotatable bonds is 8. The average Bonchev–Trinajstić information content (AvgIpc) is 3.13. The van der Waals surface area contributed by atoms with Crippen molar-refractivity contribution in [1.29, 1.82) is 0 Å². The summed E-state index contributed by atoms with van der Waals surface area (Å²) in [5.41, 5.74) is 1.72. The van der Waals surface area contributed by atoms with E-state index in [0.717, 1.165) is 20.4 Å². The van der Waals surface area contributed by atoms with E-state index in [1.165, 1.54) is 0 Å². The molecule has 6 nitrogen and oxygen atoms in total. The lowest BCUT2D eigenvalue weighted by molar-refractivity contribution is 0.0705. The highest BCUT2D eigenvalue weighted by atomic mass is 127. The van der Waals surface area contributed by atoms with Gasteiger partial charge in [0.05, 0.1) is 19.8 Å². The Morgan fingerprint density at radius 2 is 1.44 bits per heavy atom. The van der Waals surface area contributed by atoms with E-state index >= 15 is 0 Å². The number of aromatic nitrogens is 2. The second-order valence-electron chi connectivity index (χ2n) is 5.13. The number of halogens is 1. The van der Waals surface area contributed by atoms with Crippen LogP contribution in [0.3, 0.4) is 0 Å². The van der Waals surface area contributed by atoms with E-state index in [4.69, 9.17) is 19.0 Å². The SMILES string of the molecule is OCCOCCOc1ccc(-c2nnc(-c3ccc(I)cc3)o2)cc1. The minimum absolute atomic E-state index is 0.0169. The summed E-state index contributed by atoms with van der Waals surface area (Å²) in [6, 6.07) is 15.3. The molecule has 0 saturated carbocycles. The number of nitrogens with zero attached hydrogens (tertiary/aromatic N) is 2. The van der Waals surface area contributed by atoms with Crippen LogP contribution in [-0.4, -0.2) is 41.7 Å². The summed E-state index contributed by atoms with van der Waals surface area (Å²) in [6.45, 7) is 1.20. The zero-order valence-electron chi connectivity index (χ0n) is 13.4. The Morgan fingerprint density at radius 3 is 2.04 bits per heavy atom. The summed E-state index contributed by atoms with van der Waals surface area (Å²) in [5.74, 6) is 1.69. The minimum atomic E-state index is 0.0169. The third-order valence-corrected chi connectivity index (χ3v) is 4.07. The lowest BCUT2D eigenvalue weighted by Gasteiger charge is -2.06. The van der Waals surface area contributed by atoms with Gasteiger partial charge in [0.1, 0.15) is 12.4 Å². The third-order valence-electron chi connectivity index (χ3n) is 3.35. The molecule has 0 unspecified atom stereocenters. The van der Waals surface area contributed by atoms with Gasteiger partial charge in [0, 0.05) is 14.7 Å². The summed E-state index contributed by atoms with van der Waals surface area (Å²) in [7, 11) is 0. The Labute approximate surface area is 158 Å². The molecule has 0 aliphatic heterocycles. The van der Waals surface area contributed by atoms with Crippen LogP contribution in [0.15, 0.2) is 52.9 Å². The largest absolute Gasteiger partial charge is 0.491 e. The molecule has 0 spiro atoms. The maximum absolute atomic E-state index is 8.62. The average molecular weight is 452 g/mol. The van der Waals surface area contributed by atoms with Gasteiger partial charge in [-0.2, -0.15) is 0 Å². The molecular weight excluding hydrogens is 435 g/mol. The maximum atomic E-state index is 8.62. The molecular formula is C18H17IN2O4. The quantitative estimate of drug-likeness (QED) is 0.417. The zero-order valence-corrected chi connectivity index (χ0v) is 15.5. The summed E-state index contributed by atoms with van der Waals surface area (Å²) in [6.07, 6.45) is 0. The molecule has 1 heterocycles. The molecule has 0 aliphatic rings. The highest BCUT2D eigenvalue weighted by molar-refractivity contribution is 14.1. The van der Waals surface area contributed by atoms with Gasteiger partial charge in [0.15, 0.2) is 0 Å². The Balaban J connectivity index is 1.62. The highest BCUT2D eigenvalue weighted by Crippen LogP contribution is 2.25. The van der Waals surface area contributed by atoms with E-state index in [-0.39, 0.29) is 6.61 Å². The number of hydrogen-bond acceptors (Lipinski definition) is 6. The number of benzene rings is 2. The maximum Gasteiger partial charge on any atom is 0.248 e. The van der Waals surface area contributed by atoms with Crippen molar-refractivity contribution in [2.45, 2.75) is 0 Å². The summed E-state index contributed by atoms with van der Waals surface area (Å²) in [4.78, 5) is 0.